The highest BCUT2D eigenvalue weighted by atomic mass is 16.5. The standard InChI is InChI=1S/C17H19NO4/c1-20-14-8-4-3-7-13(14)17(19)18-11-12-22-16-10-6-5-9-15(16)21-2/h3-10H,11-12H2,1-2H3,(H,18,19). The Balaban J connectivity index is 1.85. The van der Waals surface area contributed by atoms with Crippen LogP contribution in [0.15, 0.2) is 48.5 Å². The summed E-state index contributed by atoms with van der Waals surface area (Å²) in [4.78, 5) is 12.1. The third kappa shape index (κ3) is 3.91. The Bertz CT molecular complexity index is 628. The minimum absolute atomic E-state index is 0.193. The Morgan fingerprint density at radius 1 is 0.909 bits per heavy atom. The van der Waals surface area contributed by atoms with Crippen LogP contribution >= 0.6 is 0 Å². The SMILES string of the molecule is COc1ccccc1OCCNC(=O)c1ccccc1OC. The number of ether oxygens (including phenoxy) is 3. The zero-order valence-corrected chi connectivity index (χ0v) is 12.7. The molecule has 2 aromatic carbocycles. The van der Waals surface area contributed by atoms with E-state index in [1.165, 1.54) is 7.11 Å². The number of para-hydroxylation sites is 3. The molecule has 0 bridgehead atoms. The van der Waals surface area contributed by atoms with Crippen LogP contribution in [0.2, 0.25) is 0 Å². The summed E-state index contributed by atoms with van der Waals surface area (Å²) in [7, 11) is 3.13. The van der Waals surface area contributed by atoms with Crippen molar-refractivity contribution in [1.29, 1.82) is 0 Å². The Kier molecular flexibility index (Phi) is 5.65. The topological polar surface area (TPSA) is 56.8 Å². The molecule has 2 rings (SSSR count). The molecule has 0 saturated carbocycles. The molecule has 0 radical (unpaired) electrons. The first-order chi connectivity index (χ1) is 10.8. The average Bonchev–Trinajstić information content (AvgIpc) is 2.58. The second-order valence-corrected chi connectivity index (χ2v) is 4.46. The van der Waals surface area contributed by atoms with Gasteiger partial charge in [0.15, 0.2) is 11.5 Å². The summed E-state index contributed by atoms with van der Waals surface area (Å²) in [6.07, 6.45) is 0. The molecule has 0 aromatic heterocycles. The number of hydrogen-bond donors (Lipinski definition) is 1. The lowest BCUT2D eigenvalue weighted by Crippen LogP contribution is -2.28. The van der Waals surface area contributed by atoms with Gasteiger partial charge in [-0.05, 0) is 24.3 Å². The molecule has 0 fully saturated rings. The van der Waals surface area contributed by atoms with Gasteiger partial charge in [-0.1, -0.05) is 24.3 Å². The van der Waals surface area contributed by atoms with Crippen LogP contribution in [0.25, 0.3) is 0 Å². The van der Waals surface area contributed by atoms with Crippen LogP contribution in [-0.4, -0.2) is 33.3 Å². The normalized spacial score (nSPS) is 9.91. The van der Waals surface area contributed by atoms with Crippen molar-refractivity contribution in [1.82, 2.24) is 5.32 Å². The maximum absolute atomic E-state index is 12.1. The fourth-order valence-electron chi connectivity index (χ4n) is 1.99. The predicted molar refractivity (Wildman–Crippen MR) is 83.8 cm³/mol. The number of methoxy groups -OCH3 is 2. The molecule has 0 heterocycles. The van der Waals surface area contributed by atoms with Crippen molar-refractivity contribution >= 4 is 5.91 Å². The molecule has 0 unspecified atom stereocenters. The van der Waals surface area contributed by atoms with Gasteiger partial charge in [0.1, 0.15) is 12.4 Å². The molecule has 5 heteroatoms. The quantitative estimate of drug-likeness (QED) is 0.798. The lowest BCUT2D eigenvalue weighted by atomic mass is 10.2. The van der Waals surface area contributed by atoms with Gasteiger partial charge in [-0.2, -0.15) is 0 Å². The van der Waals surface area contributed by atoms with Crippen molar-refractivity contribution in [3.8, 4) is 17.2 Å². The summed E-state index contributed by atoms with van der Waals surface area (Å²) in [6.45, 7) is 0.732. The van der Waals surface area contributed by atoms with Crippen molar-refractivity contribution < 1.29 is 19.0 Å². The van der Waals surface area contributed by atoms with Crippen molar-refractivity contribution in [2.45, 2.75) is 0 Å². The number of carbonyl (C=O) groups excluding carboxylic acids is 1. The molecule has 116 valence electrons. The van der Waals surface area contributed by atoms with Crippen LogP contribution < -0.4 is 19.5 Å². The van der Waals surface area contributed by atoms with Crippen molar-refractivity contribution in [3.63, 3.8) is 0 Å². The first kappa shape index (κ1) is 15.7. The molecule has 0 aliphatic heterocycles. The number of rotatable bonds is 7. The van der Waals surface area contributed by atoms with E-state index in [2.05, 4.69) is 5.32 Å². The Hall–Kier alpha value is -2.69. The fourth-order valence-corrected chi connectivity index (χ4v) is 1.99. The summed E-state index contributed by atoms with van der Waals surface area (Å²) in [5.41, 5.74) is 0.502. The zero-order valence-electron chi connectivity index (χ0n) is 12.7. The van der Waals surface area contributed by atoms with E-state index < -0.39 is 0 Å². The monoisotopic (exact) mass is 301 g/mol. The van der Waals surface area contributed by atoms with E-state index >= 15 is 0 Å². The van der Waals surface area contributed by atoms with Gasteiger partial charge in [0, 0.05) is 0 Å². The number of hydrogen-bond acceptors (Lipinski definition) is 4. The van der Waals surface area contributed by atoms with Gasteiger partial charge in [0.25, 0.3) is 5.91 Å². The largest absolute Gasteiger partial charge is 0.496 e. The number of nitrogens with one attached hydrogen (secondary N) is 1. The van der Waals surface area contributed by atoms with Crippen LogP contribution in [0.3, 0.4) is 0 Å². The summed E-state index contributed by atoms with van der Waals surface area (Å²) < 4.78 is 16.0. The Morgan fingerprint density at radius 2 is 1.50 bits per heavy atom. The molecule has 5 nitrogen and oxygen atoms in total. The van der Waals surface area contributed by atoms with E-state index in [9.17, 15) is 4.79 Å². The molecule has 0 saturated heterocycles. The first-order valence-electron chi connectivity index (χ1n) is 6.93. The zero-order chi connectivity index (χ0) is 15.8. The van der Waals surface area contributed by atoms with Gasteiger partial charge in [-0.15, -0.1) is 0 Å². The van der Waals surface area contributed by atoms with Gasteiger partial charge >= 0.3 is 0 Å². The third-order valence-corrected chi connectivity index (χ3v) is 3.07. The molecular formula is C17H19NO4. The Labute approximate surface area is 129 Å². The maximum atomic E-state index is 12.1. The van der Waals surface area contributed by atoms with Crippen LogP contribution in [-0.2, 0) is 0 Å². The van der Waals surface area contributed by atoms with Crippen molar-refractivity contribution in [2.75, 3.05) is 27.4 Å². The van der Waals surface area contributed by atoms with Crippen LogP contribution in [0.4, 0.5) is 0 Å². The molecule has 0 aliphatic carbocycles. The van der Waals surface area contributed by atoms with Gasteiger partial charge in [-0.25, -0.2) is 0 Å². The third-order valence-electron chi connectivity index (χ3n) is 3.07. The van der Waals surface area contributed by atoms with Gasteiger partial charge < -0.3 is 19.5 Å². The van der Waals surface area contributed by atoms with E-state index in [1.54, 1.807) is 25.3 Å². The molecule has 0 spiro atoms. The summed E-state index contributed by atoms with van der Waals surface area (Å²) in [6, 6.07) is 14.5. The second-order valence-electron chi connectivity index (χ2n) is 4.46. The van der Waals surface area contributed by atoms with Crippen LogP contribution in [0.1, 0.15) is 10.4 Å². The fraction of sp³-hybridized carbons (Fsp3) is 0.235. The lowest BCUT2D eigenvalue weighted by Gasteiger charge is -2.11. The highest BCUT2D eigenvalue weighted by molar-refractivity contribution is 5.96. The minimum Gasteiger partial charge on any atom is -0.496 e. The molecule has 22 heavy (non-hydrogen) atoms. The number of benzene rings is 2. The lowest BCUT2D eigenvalue weighted by molar-refractivity contribution is 0.0944. The maximum Gasteiger partial charge on any atom is 0.255 e. The highest BCUT2D eigenvalue weighted by Gasteiger charge is 2.10. The Morgan fingerprint density at radius 3 is 2.18 bits per heavy atom. The summed E-state index contributed by atoms with van der Waals surface area (Å²) >= 11 is 0. The van der Waals surface area contributed by atoms with Crippen molar-refractivity contribution in [3.05, 3.63) is 54.1 Å². The highest BCUT2D eigenvalue weighted by Crippen LogP contribution is 2.25. The smallest absolute Gasteiger partial charge is 0.255 e. The number of amides is 1. The van der Waals surface area contributed by atoms with Gasteiger partial charge in [0.05, 0.1) is 26.3 Å². The molecular weight excluding hydrogens is 282 g/mol. The number of carbonyl (C=O) groups is 1. The van der Waals surface area contributed by atoms with Gasteiger partial charge in [0.2, 0.25) is 0 Å². The predicted octanol–water partition coefficient (Wildman–Crippen LogP) is 2.51. The van der Waals surface area contributed by atoms with Crippen LogP contribution in [0, 0.1) is 0 Å². The molecule has 0 atom stereocenters. The molecule has 1 amide bonds. The molecule has 0 aliphatic rings. The summed E-state index contributed by atoms with van der Waals surface area (Å²) in [5.74, 6) is 1.67. The summed E-state index contributed by atoms with van der Waals surface area (Å²) in [5, 5.41) is 2.80. The van der Waals surface area contributed by atoms with E-state index in [0.29, 0.717) is 36.0 Å². The minimum atomic E-state index is -0.193. The van der Waals surface area contributed by atoms with E-state index in [4.69, 9.17) is 14.2 Å². The van der Waals surface area contributed by atoms with E-state index in [-0.39, 0.29) is 5.91 Å². The van der Waals surface area contributed by atoms with Crippen molar-refractivity contribution in [2.24, 2.45) is 0 Å². The second kappa shape index (κ2) is 7.93. The van der Waals surface area contributed by atoms with E-state index in [1.807, 2.05) is 30.3 Å². The average molecular weight is 301 g/mol. The van der Waals surface area contributed by atoms with Crippen LogP contribution in [0.5, 0.6) is 17.2 Å². The van der Waals surface area contributed by atoms with E-state index in [0.717, 1.165) is 0 Å². The molecule has 1 N–H and O–H groups in total. The van der Waals surface area contributed by atoms with Gasteiger partial charge in [-0.3, -0.25) is 4.79 Å². The first-order valence-corrected chi connectivity index (χ1v) is 6.93. The molecule has 2 aromatic rings.